The van der Waals surface area contributed by atoms with Crippen molar-refractivity contribution in [2.24, 2.45) is 5.92 Å². The number of hydrogen-bond acceptors (Lipinski definition) is 6. The van der Waals surface area contributed by atoms with Crippen LogP contribution in [0.5, 0.6) is 0 Å². The molecule has 4 aromatic rings. The zero-order valence-corrected chi connectivity index (χ0v) is 21.1. The van der Waals surface area contributed by atoms with Gasteiger partial charge in [-0.15, -0.1) is 23.4 Å². The predicted octanol–water partition coefficient (Wildman–Crippen LogP) is 7.69. The van der Waals surface area contributed by atoms with E-state index in [0.717, 1.165) is 27.6 Å². The van der Waals surface area contributed by atoms with E-state index in [4.69, 9.17) is 11.6 Å². The first-order chi connectivity index (χ1) is 17.9. The van der Waals surface area contributed by atoms with Crippen LogP contribution in [-0.2, 0) is 0 Å². The number of anilines is 1. The Labute approximate surface area is 222 Å². The van der Waals surface area contributed by atoms with Crippen molar-refractivity contribution in [3.8, 4) is 0 Å². The zero-order chi connectivity index (χ0) is 25.7. The minimum Gasteiger partial charge on any atom is -0.378 e. The summed E-state index contributed by atoms with van der Waals surface area (Å²) in [7, 11) is 0. The van der Waals surface area contributed by atoms with Crippen molar-refractivity contribution in [2.45, 2.75) is 33.9 Å². The van der Waals surface area contributed by atoms with Gasteiger partial charge in [0.05, 0.1) is 26.2 Å². The fourth-order valence-corrected chi connectivity index (χ4v) is 7.86. The van der Waals surface area contributed by atoms with Crippen LogP contribution in [0.15, 0.2) is 89.8 Å². The maximum Gasteiger partial charge on any atom is 0.282 e. The monoisotopic (exact) mass is 531 g/mol. The van der Waals surface area contributed by atoms with Crippen molar-refractivity contribution >= 4 is 51.2 Å². The quantitative estimate of drug-likeness (QED) is 0.161. The van der Waals surface area contributed by atoms with E-state index in [0.29, 0.717) is 11.3 Å². The number of rotatable bonds is 5. The third kappa shape index (κ3) is 4.10. The lowest BCUT2D eigenvalue weighted by atomic mass is 9.76. The van der Waals surface area contributed by atoms with E-state index in [2.05, 4.69) is 29.6 Å². The standard InChI is InChI=1S/C28H22ClN3O4S/c29-27-25(37-24-11-4-3-10-23(24)32(35)36)15-21-26(27)20-14-17(31(33)34)12-13-22(20)30-28(21)19-9-5-7-16-6-1-2-8-18(16)19/h1-14,21,25-28,30H,15H2/t21-,25-,26+,27-,28+/m0/s1. The third-order valence-corrected chi connectivity index (χ3v) is 9.62. The average molecular weight is 532 g/mol. The summed E-state index contributed by atoms with van der Waals surface area (Å²) in [4.78, 5) is 23.0. The summed E-state index contributed by atoms with van der Waals surface area (Å²) in [5.41, 5.74) is 2.91. The fourth-order valence-electron chi connectivity index (χ4n) is 5.92. The second-order valence-corrected chi connectivity index (χ2v) is 11.3. The molecule has 6 rings (SSSR count). The van der Waals surface area contributed by atoms with Crippen LogP contribution in [0, 0.1) is 26.1 Å². The van der Waals surface area contributed by atoms with E-state index in [-0.39, 0.29) is 49.7 Å². The number of non-ortho nitro benzene ring substituents is 1. The van der Waals surface area contributed by atoms with Gasteiger partial charge in [-0.1, -0.05) is 54.6 Å². The van der Waals surface area contributed by atoms with Crippen molar-refractivity contribution in [1.82, 2.24) is 0 Å². The Morgan fingerprint density at radius 3 is 2.43 bits per heavy atom. The van der Waals surface area contributed by atoms with Crippen LogP contribution in [0.4, 0.5) is 17.1 Å². The molecule has 1 heterocycles. The number of nitrogens with one attached hydrogen (secondary N) is 1. The number of alkyl halides is 1. The summed E-state index contributed by atoms with van der Waals surface area (Å²) in [5, 5.41) is 28.7. The number of halogens is 1. The van der Waals surface area contributed by atoms with Crippen molar-refractivity contribution in [2.75, 3.05) is 5.32 Å². The summed E-state index contributed by atoms with van der Waals surface area (Å²) in [6.45, 7) is 0. The molecule has 1 fully saturated rings. The Morgan fingerprint density at radius 2 is 1.62 bits per heavy atom. The summed E-state index contributed by atoms with van der Waals surface area (Å²) in [6.07, 6.45) is 0.707. The highest BCUT2D eigenvalue weighted by Gasteiger charge is 2.51. The predicted molar refractivity (Wildman–Crippen MR) is 147 cm³/mol. The van der Waals surface area contributed by atoms with Gasteiger partial charge in [-0.05, 0) is 46.4 Å². The lowest BCUT2D eigenvalue weighted by molar-refractivity contribution is -0.387. The largest absolute Gasteiger partial charge is 0.378 e. The highest BCUT2D eigenvalue weighted by molar-refractivity contribution is 8.00. The number of nitro groups is 2. The molecular formula is C28H22ClN3O4S. The Kier molecular flexibility index (Phi) is 6.01. The smallest absolute Gasteiger partial charge is 0.282 e. The number of fused-ring (bicyclic) bond motifs is 4. The highest BCUT2D eigenvalue weighted by atomic mass is 35.5. The van der Waals surface area contributed by atoms with Crippen LogP contribution < -0.4 is 5.32 Å². The van der Waals surface area contributed by atoms with Crippen LogP contribution >= 0.6 is 23.4 Å². The number of thioether (sulfide) groups is 1. The maximum atomic E-state index is 11.6. The molecule has 0 radical (unpaired) electrons. The minimum absolute atomic E-state index is 0.0292. The van der Waals surface area contributed by atoms with Gasteiger partial charge in [0, 0.05) is 35.1 Å². The zero-order valence-electron chi connectivity index (χ0n) is 19.5. The number of nitrogens with zero attached hydrogens (tertiary/aromatic N) is 2. The Hall–Kier alpha value is -3.62. The molecule has 1 aliphatic heterocycles. The van der Waals surface area contributed by atoms with Crippen LogP contribution in [0.25, 0.3) is 10.8 Å². The van der Waals surface area contributed by atoms with E-state index >= 15 is 0 Å². The molecular weight excluding hydrogens is 510 g/mol. The topological polar surface area (TPSA) is 98.3 Å². The van der Waals surface area contributed by atoms with Gasteiger partial charge < -0.3 is 5.32 Å². The van der Waals surface area contributed by atoms with Gasteiger partial charge >= 0.3 is 0 Å². The first-order valence-corrected chi connectivity index (χ1v) is 13.3. The van der Waals surface area contributed by atoms with E-state index in [1.807, 2.05) is 18.2 Å². The molecule has 37 heavy (non-hydrogen) atoms. The van der Waals surface area contributed by atoms with Gasteiger partial charge in [-0.3, -0.25) is 20.2 Å². The summed E-state index contributed by atoms with van der Waals surface area (Å²) >= 11 is 8.61. The second-order valence-electron chi connectivity index (χ2n) is 9.47. The number of para-hydroxylation sites is 1. The summed E-state index contributed by atoms with van der Waals surface area (Å²) in [6, 6.07) is 26.1. The molecule has 2 aliphatic rings. The molecule has 0 unspecified atom stereocenters. The van der Waals surface area contributed by atoms with E-state index in [1.54, 1.807) is 30.3 Å². The molecule has 0 spiro atoms. The molecule has 0 bridgehead atoms. The van der Waals surface area contributed by atoms with Gasteiger partial charge in [-0.2, -0.15) is 0 Å². The first kappa shape index (κ1) is 23.8. The van der Waals surface area contributed by atoms with Gasteiger partial charge in [0.2, 0.25) is 0 Å². The number of benzene rings is 4. The van der Waals surface area contributed by atoms with E-state index in [9.17, 15) is 20.2 Å². The summed E-state index contributed by atoms with van der Waals surface area (Å²) in [5.74, 6) is -0.106. The van der Waals surface area contributed by atoms with Gasteiger partial charge in [0.15, 0.2) is 0 Å². The molecule has 0 amide bonds. The minimum atomic E-state index is -0.385. The number of hydrogen-bond donors (Lipinski definition) is 1. The number of nitro benzene ring substituents is 2. The van der Waals surface area contributed by atoms with Crippen molar-refractivity contribution < 1.29 is 9.85 Å². The van der Waals surface area contributed by atoms with Gasteiger partial charge in [-0.25, -0.2) is 0 Å². The van der Waals surface area contributed by atoms with Crippen LogP contribution in [-0.4, -0.2) is 20.5 Å². The normalized spacial score (nSPS) is 24.2. The molecule has 186 valence electrons. The molecule has 1 N–H and O–H groups in total. The molecule has 5 atom stereocenters. The fraction of sp³-hybridized carbons (Fsp3) is 0.214. The third-order valence-electron chi connectivity index (χ3n) is 7.51. The molecule has 0 saturated heterocycles. The van der Waals surface area contributed by atoms with Crippen LogP contribution in [0.1, 0.15) is 29.5 Å². The van der Waals surface area contributed by atoms with E-state index in [1.165, 1.54) is 23.9 Å². The molecule has 4 aromatic carbocycles. The lowest BCUT2D eigenvalue weighted by Gasteiger charge is -2.38. The highest BCUT2D eigenvalue weighted by Crippen LogP contribution is 2.58. The average Bonchev–Trinajstić information content (AvgIpc) is 3.23. The second kappa shape index (κ2) is 9.36. The Bertz CT molecular complexity index is 1540. The summed E-state index contributed by atoms with van der Waals surface area (Å²) < 4.78 is 0. The maximum absolute atomic E-state index is 11.6. The van der Waals surface area contributed by atoms with Crippen molar-refractivity contribution in [3.05, 3.63) is 116 Å². The Morgan fingerprint density at radius 1 is 0.865 bits per heavy atom. The van der Waals surface area contributed by atoms with E-state index < -0.39 is 0 Å². The van der Waals surface area contributed by atoms with Crippen molar-refractivity contribution in [1.29, 1.82) is 0 Å². The lowest BCUT2D eigenvalue weighted by Crippen LogP contribution is -2.31. The first-order valence-electron chi connectivity index (χ1n) is 12.0. The Balaban J connectivity index is 1.46. The molecule has 1 saturated carbocycles. The molecule has 7 nitrogen and oxygen atoms in total. The molecule has 9 heteroatoms. The molecule has 1 aliphatic carbocycles. The van der Waals surface area contributed by atoms with Crippen molar-refractivity contribution in [3.63, 3.8) is 0 Å². The molecule has 0 aromatic heterocycles. The van der Waals surface area contributed by atoms with Gasteiger partial charge in [0.25, 0.3) is 11.4 Å². The van der Waals surface area contributed by atoms with Crippen LogP contribution in [0.2, 0.25) is 0 Å². The van der Waals surface area contributed by atoms with Crippen LogP contribution in [0.3, 0.4) is 0 Å². The SMILES string of the molecule is O=[N+]([O-])c1ccc2c(c1)[C@H]1[C@@H](Cl)[C@@H](Sc3ccccc3[N+](=O)[O-])C[C@@H]1[C@@H](c1cccc3ccccc13)N2. The van der Waals surface area contributed by atoms with Gasteiger partial charge in [0.1, 0.15) is 0 Å².